The quantitative estimate of drug-likeness (QED) is 0.601. The molecule has 1 atom stereocenters. The number of halogens is 2. The number of amides is 1. The third-order valence-corrected chi connectivity index (χ3v) is 4.19. The van der Waals surface area contributed by atoms with Crippen LogP contribution in [0.1, 0.15) is 58.6 Å². The Morgan fingerprint density at radius 3 is 2.73 bits per heavy atom. The first-order chi connectivity index (χ1) is 12.5. The van der Waals surface area contributed by atoms with Gasteiger partial charge in [0, 0.05) is 17.2 Å². The number of hydrazine groups is 1. The highest BCUT2D eigenvalue weighted by Gasteiger charge is 2.31. The van der Waals surface area contributed by atoms with Crippen molar-refractivity contribution in [2.24, 2.45) is 0 Å². The molecule has 7 heteroatoms. The molecular formula is C19H18F2N2O3. The first-order valence-electron chi connectivity index (χ1n) is 8.36. The number of rotatable bonds is 6. The summed E-state index contributed by atoms with van der Waals surface area (Å²) in [5.74, 6) is -2.55. The predicted molar refractivity (Wildman–Crippen MR) is 91.6 cm³/mol. The van der Waals surface area contributed by atoms with Gasteiger partial charge >= 0.3 is 5.97 Å². The van der Waals surface area contributed by atoms with Crippen LogP contribution in [0.5, 0.6) is 0 Å². The highest BCUT2D eigenvalue weighted by atomic mass is 19.1. The summed E-state index contributed by atoms with van der Waals surface area (Å²) in [6, 6.07) is 7.69. The Kier molecular flexibility index (Phi) is 5.16. The fourth-order valence-electron chi connectivity index (χ4n) is 2.80. The van der Waals surface area contributed by atoms with Gasteiger partial charge in [0.05, 0.1) is 11.3 Å². The molecule has 0 saturated heterocycles. The van der Waals surface area contributed by atoms with Gasteiger partial charge in [-0.25, -0.2) is 13.6 Å². The molecule has 1 aliphatic rings. The summed E-state index contributed by atoms with van der Waals surface area (Å²) in [6.45, 7) is 2.06. The van der Waals surface area contributed by atoms with E-state index >= 15 is 0 Å². The van der Waals surface area contributed by atoms with Crippen LogP contribution in [0.15, 0.2) is 36.4 Å². The SMILES string of the molecule is CCCCC1OC(=O)c2cc(C(=O)NNc3ccc(F)cc3F)ccc21. The first kappa shape index (κ1) is 17.8. The molecule has 0 bridgehead atoms. The Morgan fingerprint density at radius 2 is 2.00 bits per heavy atom. The van der Waals surface area contributed by atoms with E-state index in [0.717, 1.165) is 30.9 Å². The molecule has 2 aromatic rings. The predicted octanol–water partition coefficient (Wildman–Crippen LogP) is 4.12. The molecule has 5 nitrogen and oxygen atoms in total. The average Bonchev–Trinajstić information content (AvgIpc) is 2.94. The van der Waals surface area contributed by atoms with Crippen molar-refractivity contribution in [1.29, 1.82) is 0 Å². The highest BCUT2D eigenvalue weighted by Crippen LogP contribution is 2.34. The Labute approximate surface area is 149 Å². The van der Waals surface area contributed by atoms with Gasteiger partial charge in [-0.1, -0.05) is 19.4 Å². The number of anilines is 1. The number of cyclic esters (lactones) is 1. The Balaban J connectivity index is 1.71. The lowest BCUT2D eigenvalue weighted by molar-refractivity contribution is 0.0364. The number of hydrogen-bond donors (Lipinski definition) is 2. The van der Waals surface area contributed by atoms with Crippen molar-refractivity contribution in [3.63, 3.8) is 0 Å². The molecule has 2 N–H and O–H groups in total. The van der Waals surface area contributed by atoms with Gasteiger partial charge in [-0.3, -0.25) is 15.6 Å². The lowest BCUT2D eigenvalue weighted by Gasteiger charge is -2.11. The summed E-state index contributed by atoms with van der Waals surface area (Å²) in [6.07, 6.45) is 2.40. The lowest BCUT2D eigenvalue weighted by atomic mass is 9.99. The summed E-state index contributed by atoms with van der Waals surface area (Å²) in [4.78, 5) is 24.2. The van der Waals surface area contributed by atoms with Gasteiger partial charge in [0.25, 0.3) is 5.91 Å². The number of carbonyl (C=O) groups excluding carboxylic acids is 2. The molecule has 1 heterocycles. The largest absolute Gasteiger partial charge is 0.454 e. The standard InChI is InChI=1S/C19H18F2N2O3/c1-2-3-4-17-13-7-5-11(9-14(13)19(25)26-17)18(24)23-22-16-8-6-12(20)10-15(16)21/h5-10,17,22H,2-4H2,1H3,(H,23,24). The van der Waals surface area contributed by atoms with E-state index in [0.29, 0.717) is 11.6 Å². The van der Waals surface area contributed by atoms with Crippen molar-refractivity contribution in [2.45, 2.75) is 32.3 Å². The molecular weight excluding hydrogens is 342 g/mol. The van der Waals surface area contributed by atoms with Gasteiger partial charge in [0.1, 0.15) is 11.9 Å². The Hall–Kier alpha value is -2.96. The zero-order chi connectivity index (χ0) is 18.7. The molecule has 136 valence electrons. The van der Waals surface area contributed by atoms with Crippen LogP contribution in [-0.4, -0.2) is 11.9 Å². The second kappa shape index (κ2) is 7.51. The van der Waals surface area contributed by atoms with Crippen LogP contribution in [0.2, 0.25) is 0 Å². The zero-order valence-electron chi connectivity index (χ0n) is 14.1. The molecule has 0 saturated carbocycles. The lowest BCUT2D eigenvalue weighted by Crippen LogP contribution is -2.30. The minimum Gasteiger partial charge on any atom is -0.454 e. The number of carbonyl (C=O) groups is 2. The molecule has 26 heavy (non-hydrogen) atoms. The monoisotopic (exact) mass is 360 g/mol. The van der Waals surface area contributed by atoms with E-state index in [1.54, 1.807) is 12.1 Å². The van der Waals surface area contributed by atoms with E-state index in [9.17, 15) is 18.4 Å². The topological polar surface area (TPSA) is 67.4 Å². The number of hydrogen-bond acceptors (Lipinski definition) is 4. The van der Waals surface area contributed by atoms with Gasteiger partial charge in [0.2, 0.25) is 0 Å². The van der Waals surface area contributed by atoms with Crippen LogP contribution in [0.4, 0.5) is 14.5 Å². The summed E-state index contributed by atoms with van der Waals surface area (Å²) < 4.78 is 31.8. The Bertz CT molecular complexity index is 855. The van der Waals surface area contributed by atoms with Crippen LogP contribution in [0, 0.1) is 11.6 Å². The van der Waals surface area contributed by atoms with Crippen molar-refractivity contribution in [2.75, 3.05) is 5.43 Å². The first-order valence-corrected chi connectivity index (χ1v) is 8.36. The summed E-state index contributed by atoms with van der Waals surface area (Å²) in [5.41, 5.74) is 6.02. The van der Waals surface area contributed by atoms with E-state index in [4.69, 9.17) is 4.74 Å². The summed E-state index contributed by atoms with van der Waals surface area (Å²) in [5, 5.41) is 0. The van der Waals surface area contributed by atoms with Crippen molar-refractivity contribution in [3.05, 3.63) is 64.7 Å². The molecule has 0 aromatic heterocycles. The van der Waals surface area contributed by atoms with Crippen molar-refractivity contribution in [1.82, 2.24) is 5.43 Å². The number of esters is 1. The fourth-order valence-corrected chi connectivity index (χ4v) is 2.80. The molecule has 1 amide bonds. The minimum absolute atomic E-state index is 0.0695. The van der Waals surface area contributed by atoms with Gasteiger partial charge in [-0.05, 0) is 37.1 Å². The number of nitrogens with one attached hydrogen (secondary N) is 2. The smallest absolute Gasteiger partial charge is 0.339 e. The molecule has 1 aliphatic heterocycles. The van der Waals surface area contributed by atoms with E-state index in [-0.39, 0.29) is 17.4 Å². The maximum atomic E-state index is 13.6. The maximum absolute atomic E-state index is 13.6. The second-order valence-corrected chi connectivity index (χ2v) is 6.04. The highest BCUT2D eigenvalue weighted by molar-refractivity contribution is 6.00. The van der Waals surface area contributed by atoms with Crippen molar-refractivity contribution >= 4 is 17.6 Å². The Morgan fingerprint density at radius 1 is 1.19 bits per heavy atom. The maximum Gasteiger partial charge on any atom is 0.339 e. The minimum atomic E-state index is -0.832. The van der Waals surface area contributed by atoms with Crippen LogP contribution in [0.25, 0.3) is 0 Å². The van der Waals surface area contributed by atoms with E-state index in [2.05, 4.69) is 17.8 Å². The molecule has 2 aromatic carbocycles. The van der Waals surface area contributed by atoms with Crippen LogP contribution < -0.4 is 10.9 Å². The molecule has 0 spiro atoms. The van der Waals surface area contributed by atoms with Crippen molar-refractivity contribution in [3.8, 4) is 0 Å². The van der Waals surface area contributed by atoms with Gasteiger partial charge in [0.15, 0.2) is 5.82 Å². The molecule has 0 aliphatic carbocycles. The zero-order valence-corrected chi connectivity index (χ0v) is 14.1. The third-order valence-electron chi connectivity index (χ3n) is 4.19. The van der Waals surface area contributed by atoms with Crippen LogP contribution in [-0.2, 0) is 4.74 Å². The van der Waals surface area contributed by atoms with Crippen LogP contribution >= 0.6 is 0 Å². The number of benzene rings is 2. The second-order valence-electron chi connectivity index (χ2n) is 6.04. The van der Waals surface area contributed by atoms with Gasteiger partial charge < -0.3 is 4.74 Å². The third kappa shape index (κ3) is 3.66. The number of fused-ring (bicyclic) bond motifs is 1. The normalized spacial score (nSPS) is 15.3. The summed E-state index contributed by atoms with van der Waals surface area (Å²) in [7, 11) is 0. The van der Waals surface area contributed by atoms with E-state index in [1.807, 2.05) is 0 Å². The number of unbranched alkanes of at least 4 members (excludes halogenated alkanes) is 1. The van der Waals surface area contributed by atoms with Gasteiger partial charge in [-0.2, -0.15) is 0 Å². The van der Waals surface area contributed by atoms with Crippen molar-refractivity contribution < 1.29 is 23.1 Å². The fraction of sp³-hybridized carbons (Fsp3) is 0.263. The molecule has 3 rings (SSSR count). The van der Waals surface area contributed by atoms with Gasteiger partial charge in [-0.15, -0.1) is 0 Å². The molecule has 0 fully saturated rings. The van der Waals surface area contributed by atoms with E-state index < -0.39 is 23.5 Å². The summed E-state index contributed by atoms with van der Waals surface area (Å²) >= 11 is 0. The molecule has 1 unspecified atom stereocenters. The molecule has 0 radical (unpaired) electrons. The van der Waals surface area contributed by atoms with Crippen LogP contribution in [0.3, 0.4) is 0 Å². The number of ether oxygens (including phenoxy) is 1. The van der Waals surface area contributed by atoms with E-state index in [1.165, 1.54) is 12.1 Å². The average molecular weight is 360 g/mol.